The molecule has 0 radical (unpaired) electrons. The van der Waals surface area contributed by atoms with Crippen molar-refractivity contribution in [3.63, 3.8) is 0 Å². The fraction of sp³-hybridized carbons (Fsp3) is 0.0833. The molecule has 1 aliphatic heterocycles. The Kier molecular flexibility index (Phi) is 1.65. The molecule has 1 aromatic carbocycles. The van der Waals surface area contributed by atoms with E-state index in [1.54, 1.807) is 6.21 Å². The quantitative estimate of drug-likeness (QED) is 0.471. The highest BCUT2D eigenvalue weighted by Gasteiger charge is 2.15. The van der Waals surface area contributed by atoms with Gasteiger partial charge in [-0.05, 0) is 12.1 Å². The largest absolute Gasteiger partial charge is 0.618 e. The van der Waals surface area contributed by atoms with Crippen LogP contribution in [-0.2, 0) is 6.54 Å². The summed E-state index contributed by atoms with van der Waals surface area (Å²) >= 11 is 0. The molecule has 3 rings (SSSR count). The van der Waals surface area contributed by atoms with Crippen LogP contribution in [0.3, 0.4) is 0 Å². The second-order valence-corrected chi connectivity index (χ2v) is 3.64. The van der Waals surface area contributed by atoms with E-state index in [0.717, 1.165) is 28.2 Å². The van der Waals surface area contributed by atoms with Crippen molar-refractivity contribution < 1.29 is 4.74 Å². The van der Waals surface area contributed by atoms with Gasteiger partial charge in [0, 0.05) is 17.8 Å². The molecule has 0 atom stereocenters. The lowest BCUT2D eigenvalue weighted by atomic mass is 10.2. The summed E-state index contributed by atoms with van der Waals surface area (Å²) in [5.74, 6) is 0. The van der Waals surface area contributed by atoms with Gasteiger partial charge >= 0.3 is 0 Å². The second-order valence-electron chi connectivity index (χ2n) is 3.64. The van der Waals surface area contributed by atoms with Gasteiger partial charge in [-0.15, -0.1) is 0 Å². The molecule has 0 unspecified atom stereocenters. The number of hydrogen-bond acceptors (Lipinski definition) is 1. The van der Waals surface area contributed by atoms with E-state index in [-0.39, 0.29) is 0 Å². The average molecular weight is 198 g/mol. The molecule has 3 nitrogen and oxygen atoms in total. The first-order valence-electron chi connectivity index (χ1n) is 4.89. The number of para-hydroxylation sites is 1. The van der Waals surface area contributed by atoms with E-state index in [9.17, 15) is 5.21 Å². The zero-order chi connectivity index (χ0) is 10.3. The highest BCUT2D eigenvalue weighted by Crippen LogP contribution is 2.22. The topological polar surface area (TPSA) is 31.0 Å². The monoisotopic (exact) mass is 198 g/mol. The number of fused-ring (bicyclic) bond motifs is 2. The van der Waals surface area contributed by atoms with Crippen LogP contribution in [0.2, 0.25) is 0 Å². The lowest BCUT2D eigenvalue weighted by Crippen LogP contribution is -2.00. The Bertz CT molecular complexity index is 540. The van der Waals surface area contributed by atoms with Crippen molar-refractivity contribution in [2.45, 2.75) is 6.54 Å². The molecular formula is C12H10N2O. The molecule has 1 aliphatic rings. The van der Waals surface area contributed by atoms with Gasteiger partial charge in [0.25, 0.3) is 0 Å². The molecule has 0 fully saturated rings. The van der Waals surface area contributed by atoms with Crippen LogP contribution in [0.25, 0.3) is 0 Å². The SMILES string of the molecule is [O-][N+]1=Cc2cccn2Cc2ccccc21. The lowest BCUT2D eigenvalue weighted by molar-refractivity contribution is -0.354. The van der Waals surface area contributed by atoms with Gasteiger partial charge in [0.1, 0.15) is 5.69 Å². The van der Waals surface area contributed by atoms with Crippen molar-refractivity contribution in [2.24, 2.45) is 0 Å². The first-order chi connectivity index (χ1) is 7.34. The molecule has 1 aromatic heterocycles. The summed E-state index contributed by atoms with van der Waals surface area (Å²) in [5, 5.41) is 11.8. The van der Waals surface area contributed by atoms with Gasteiger partial charge in [0.2, 0.25) is 11.9 Å². The highest BCUT2D eigenvalue weighted by molar-refractivity contribution is 5.75. The molecule has 15 heavy (non-hydrogen) atoms. The molecule has 0 N–H and O–H groups in total. The number of nitrogens with zero attached hydrogens (tertiary/aromatic N) is 2. The Hall–Kier alpha value is -2.03. The van der Waals surface area contributed by atoms with E-state index in [4.69, 9.17) is 0 Å². The zero-order valence-corrected chi connectivity index (χ0v) is 8.13. The number of hydrogen-bond donors (Lipinski definition) is 0. The molecule has 74 valence electrons. The molecule has 0 bridgehead atoms. The Morgan fingerprint density at radius 3 is 2.93 bits per heavy atom. The third-order valence-electron chi connectivity index (χ3n) is 2.68. The minimum atomic E-state index is 0.737. The summed E-state index contributed by atoms with van der Waals surface area (Å²) in [5.41, 5.74) is 2.74. The van der Waals surface area contributed by atoms with E-state index in [1.165, 1.54) is 0 Å². The fourth-order valence-corrected chi connectivity index (χ4v) is 1.92. The molecular weight excluding hydrogens is 188 g/mol. The van der Waals surface area contributed by atoms with Crippen LogP contribution in [0.4, 0.5) is 5.69 Å². The van der Waals surface area contributed by atoms with Gasteiger partial charge in [-0.2, -0.15) is 4.74 Å². The predicted octanol–water partition coefficient (Wildman–Crippen LogP) is 2.11. The Balaban J connectivity index is 2.26. The van der Waals surface area contributed by atoms with Crippen molar-refractivity contribution in [2.75, 3.05) is 0 Å². The normalized spacial score (nSPS) is 13.7. The highest BCUT2D eigenvalue weighted by atomic mass is 16.5. The van der Waals surface area contributed by atoms with E-state index >= 15 is 0 Å². The molecule has 0 spiro atoms. The van der Waals surface area contributed by atoms with E-state index in [0.29, 0.717) is 0 Å². The van der Waals surface area contributed by atoms with E-state index < -0.39 is 0 Å². The van der Waals surface area contributed by atoms with Crippen molar-refractivity contribution in [3.8, 4) is 0 Å². The van der Waals surface area contributed by atoms with E-state index in [2.05, 4.69) is 4.57 Å². The van der Waals surface area contributed by atoms with Crippen LogP contribution < -0.4 is 0 Å². The maximum absolute atomic E-state index is 11.8. The van der Waals surface area contributed by atoms with Gasteiger partial charge in [0.05, 0.1) is 6.54 Å². The van der Waals surface area contributed by atoms with Crippen molar-refractivity contribution in [3.05, 3.63) is 59.1 Å². The van der Waals surface area contributed by atoms with Gasteiger partial charge in [-0.25, -0.2) is 0 Å². The summed E-state index contributed by atoms with van der Waals surface area (Å²) in [6.07, 6.45) is 3.60. The molecule has 0 aliphatic carbocycles. The number of rotatable bonds is 0. The maximum atomic E-state index is 11.8. The van der Waals surface area contributed by atoms with Crippen LogP contribution in [0.5, 0.6) is 0 Å². The Morgan fingerprint density at radius 1 is 1.13 bits per heavy atom. The fourth-order valence-electron chi connectivity index (χ4n) is 1.92. The molecule has 0 saturated heterocycles. The number of benzene rings is 1. The molecule has 0 amide bonds. The summed E-state index contributed by atoms with van der Waals surface area (Å²) < 4.78 is 3.00. The molecule has 2 heterocycles. The van der Waals surface area contributed by atoms with Gasteiger partial charge in [-0.3, -0.25) is 0 Å². The van der Waals surface area contributed by atoms with Crippen LogP contribution in [0.15, 0.2) is 42.6 Å². The minimum Gasteiger partial charge on any atom is -0.618 e. The summed E-state index contributed by atoms with van der Waals surface area (Å²) in [6, 6.07) is 11.6. The summed E-state index contributed by atoms with van der Waals surface area (Å²) in [6.45, 7) is 0.758. The molecule has 3 heteroatoms. The third-order valence-corrected chi connectivity index (χ3v) is 2.68. The Labute approximate surface area is 87.5 Å². The standard InChI is InChI=1S/C12H10N2O/c15-14-9-11-5-3-7-13(11)8-10-4-1-2-6-12(10)14/h1-7,9H,8H2. The van der Waals surface area contributed by atoms with Crippen molar-refractivity contribution >= 4 is 11.9 Å². The van der Waals surface area contributed by atoms with Crippen molar-refractivity contribution in [1.82, 2.24) is 4.57 Å². The van der Waals surface area contributed by atoms with Crippen LogP contribution in [-0.4, -0.2) is 15.5 Å². The third kappa shape index (κ3) is 1.24. The number of aromatic nitrogens is 1. The first-order valence-corrected chi connectivity index (χ1v) is 4.89. The Morgan fingerprint density at radius 2 is 2.00 bits per heavy atom. The van der Waals surface area contributed by atoms with Crippen molar-refractivity contribution in [1.29, 1.82) is 0 Å². The lowest BCUT2D eigenvalue weighted by Gasteiger charge is -2.05. The second kappa shape index (κ2) is 2.98. The van der Waals surface area contributed by atoms with Crippen LogP contribution in [0, 0.1) is 5.21 Å². The average Bonchev–Trinajstić information content (AvgIpc) is 2.61. The van der Waals surface area contributed by atoms with Crippen LogP contribution >= 0.6 is 0 Å². The minimum absolute atomic E-state index is 0.737. The summed E-state index contributed by atoms with van der Waals surface area (Å²) in [7, 11) is 0. The zero-order valence-electron chi connectivity index (χ0n) is 8.13. The smallest absolute Gasteiger partial charge is 0.221 e. The van der Waals surface area contributed by atoms with E-state index in [1.807, 2.05) is 42.6 Å². The van der Waals surface area contributed by atoms with Gasteiger partial charge in [0.15, 0.2) is 0 Å². The predicted molar refractivity (Wildman–Crippen MR) is 58.4 cm³/mol. The molecule has 2 aromatic rings. The molecule has 0 saturated carbocycles. The van der Waals surface area contributed by atoms with Gasteiger partial charge < -0.3 is 9.77 Å². The van der Waals surface area contributed by atoms with Gasteiger partial charge in [-0.1, -0.05) is 18.2 Å². The van der Waals surface area contributed by atoms with Crippen LogP contribution in [0.1, 0.15) is 11.3 Å². The summed E-state index contributed by atoms with van der Waals surface area (Å²) in [4.78, 5) is 0. The first kappa shape index (κ1) is 8.29. The maximum Gasteiger partial charge on any atom is 0.221 e.